The lowest BCUT2D eigenvalue weighted by atomic mass is 9.48. The van der Waals surface area contributed by atoms with Crippen LogP contribution in [-0.2, 0) is 4.79 Å². The van der Waals surface area contributed by atoms with Crippen molar-refractivity contribution in [3.05, 3.63) is 23.8 Å². The van der Waals surface area contributed by atoms with E-state index in [9.17, 15) is 4.79 Å². The minimum Gasteiger partial charge on any atom is -0.330 e. The summed E-state index contributed by atoms with van der Waals surface area (Å²) in [5.41, 5.74) is 8.04. The van der Waals surface area contributed by atoms with Gasteiger partial charge in [0.15, 0.2) is 5.78 Å². The average Bonchev–Trinajstić information content (AvgIpc) is 2.92. The monoisotopic (exact) mass is 327 g/mol. The second-order valence-corrected chi connectivity index (χ2v) is 9.57. The molecular weight excluding hydrogens is 294 g/mol. The molecule has 0 aromatic rings. The first-order chi connectivity index (χ1) is 11.4. The Hall–Kier alpha value is -0.890. The van der Waals surface area contributed by atoms with E-state index in [1.165, 1.54) is 31.3 Å². The Morgan fingerprint density at radius 1 is 1.21 bits per heavy atom. The first kappa shape index (κ1) is 16.6. The number of ketones is 1. The SMILES string of the molecule is C[C@H](CN)C1CCC2C3C=CC4=CC(=O)CC[C@]4(C)C3CC[C@@]21C. The van der Waals surface area contributed by atoms with Gasteiger partial charge in [-0.25, -0.2) is 0 Å². The molecule has 4 unspecified atom stereocenters. The Kier molecular flexibility index (Phi) is 3.84. The number of carbonyl (C=O) groups excluding carboxylic acids is 1. The second kappa shape index (κ2) is 5.56. The van der Waals surface area contributed by atoms with Crippen LogP contribution in [0.1, 0.15) is 59.3 Å². The third-order valence-corrected chi connectivity index (χ3v) is 8.65. The van der Waals surface area contributed by atoms with E-state index in [1.807, 2.05) is 6.08 Å². The number of allylic oxidation sites excluding steroid dienone is 4. The lowest BCUT2D eigenvalue weighted by Crippen LogP contribution is -2.49. The molecule has 7 atom stereocenters. The molecule has 0 amide bonds. The van der Waals surface area contributed by atoms with Gasteiger partial charge in [-0.15, -0.1) is 0 Å². The van der Waals surface area contributed by atoms with Gasteiger partial charge in [-0.1, -0.05) is 32.9 Å². The Labute approximate surface area is 147 Å². The zero-order chi connectivity index (χ0) is 17.1. The van der Waals surface area contributed by atoms with Crippen molar-refractivity contribution in [3.8, 4) is 0 Å². The molecule has 2 fully saturated rings. The van der Waals surface area contributed by atoms with Crippen molar-refractivity contribution < 1.29 is 4.79 Å². The summed E-state index contributed by atoms with van der Waals surface area (Å²) in [5.74, 6) is 3.99. The second-order valence-electron chi connectivity index (χ2n) is 9.57. The Morgan fingerprint density at radius 3 is 2.75 bits per heavy atom. The fraction of sp³-hybridized carbons (Fsp3) is 0.773. The normalized spacial score (nSPS) is 48.3. The van der Waals surface area contributed by atoms with Gasteiger partial charge in [0.2, 0.25) is 0 Å². The topological polar surface area (TPSA) is 43.1 Å². The van der Waals surface area contributed by atoms with E-state index < -0.39 is 0 Å². The molecule has 4 aliphatic carbocycles. The van der Waals surface area contributed by atoms with Crippen LogP contribution in [0.15, 0.2) is 23.8 Å². The smallest absolute Gasteiger partial charge is 0.156 e. The molecule has 4 rings (SSSR count). The largest absolute Gasteiger partial charge is 0.330 e. The molecule has 2 heteroatoms. The maximum Gasteiger partial charge on any atom is 0.156 e. The van der Waals surface area contributed by atoms with Gasteiger partial charge in [-0.3, -0.25) is 4.79 Å². The van der Waals surface area contributed by atoms with Crippen LogP contribution in [0.3, 0.4) is 0 Å². The van der Waals surface area contributed by atoms with Gasteiger partial charge in [-0.2, -0.15) is 0 Å². The fourth-order valence-electron chi connectivity index (χ4n) is 7.14. The molecule has 2 nitrogen and oxygen atoms in total. The highest BCUT2D eigenvalue weighted by Crippen LogP contribution is 2.66. The van der Waals surface area contributed by atoms with Crippen molar-refractivity contribution in [2.24, 2.45) is 46.2 Å². The molecule has 24 heavy (non-hydrogen) atoms. The number of carbonyl (C=O) groups is 1. The maximum atomic E-state index is 11.9. The number of rotatable bonds is 2. The van der Waals surface area contributed by atoms with Gasteiger partial charge in [0.1, 0.15) is 0 Å². The van der Waals surface area contributed by atoms with E-state index >= 15 is 0 Å². The highest BCUT2D eigenvalue weighted by Gasteiger charge is 2.58. The van der Waals surface area contributed by atoms with E-state index in [2.05, 4.69) is 32.9 Å². The van der Waals surface area contributed by atoms with Crippen molar-refractivity contribution in [2.75, 3.05) is 6.54 Å². The Morgan fingerprint density at radius 2 is 2.00 bits per heavy atom. The van der Waals surface area contributed by atoms with Gasteiger partial charge in [0, 0.05) is 6.42 Å². The minimum atomic E-state index is 0.228. The molecule has 0 aliphatic heterocycles. The van der Waals surface area contributed by atoms with E-state index in [4.69, 9.17) is 5.73 Å². The zero-order valence-corrected chi connectivity index (χ0v) is 15.6. The average molecular weight is 328 g/mol. The molecule has 0 heterocycles. The lowest BCUT2D eigenvalue weighted by Gasteiger charge is -2.56. The predicted molar refractivity (Wildman–Crippen MR) is 98.3 cm³/mol. The molecule has 132 valence electrons. The van der Waals surface area contributed by atoms with E-state index in [-0.39, 0.29) is 5.41 Å². The minimum absolute atomic E-state index is 0.228. The quantitative estimate of drug-likeness (QED) is 0.811. The van der Waals surface area contributed by atoms with Crippen LogP contribution >= 0.6 is 0 Å². The van der Waals surface area contributed by atoms with Crippen LogP contribution in [0, 0.1) is 40.4 Å². The Balaban J connectivity index is 1.68. The van der Waals surface area contributed by atoms with Gasteiger partial charge in [0.05, 0.1) is 0 Å². The van der Waals surface area contributed by atoms with E-state index in [0.717, 1.165) is 37.1 Å². The molecule has 0 saturated heterocycles. The summed E-state index contributed by atoms with van der Waals surface area (Å²) in [6, 6.07) is 0. The van der Waals surface area contributed by atoms with Crippen LogP contribution in [0.5, 0.6) is 0 Å². The van der Waals surface area contributed by atoms with Crippen molar-refractivity contribution in [3.63, 3.8) is 0 Å². The van der Waals surface area contributed by atoms with E-state index in [0.29, 0.717) is 23.0 Å². The first-order valence-corrected chi connectivity index (χ1v) is 10.0. The van der Waals surface area contributed by atoms with E-state index in [1.54, 1.807) is 0 Å². The molecule has 2 N–H and O–H groups in total. The highest BCUT2D eigenvalue weighted by atomic mass is 16.1. The summed E-state index contributed by atoms with van der Waals surface area (Å²) in [4.78, 5) is 11.9. The summed E-state index contributed by atoms with van der Waals surface area (Å²) < 4.78 is 0. The number of nitrogens with two attached hydrogens (primary N) is 1. The third-order valence-electron chi connectivity index (χ3n) is 8.65. The summed E-state index contributed by atoms with van der Waals surface area (Å²) >= 11 is 0. The molecule has 0 aromatic heterocycles. The molecule has 2 saturated carbocycles. The lowest BCUT2D eigenvalue weighted by molar-refractivity contribution is -0.116. The van der Waals surface area contributed by atoms with Crippen LogP contribution < -0.4 is 5.73 Å². The number of fused-ring (bicyclic) bond motifs is 5. The number of hydrogen-bond donors (Lipinski definition) is 1. The van der Waals surface area contributed by atoms with Crippen molar-refractivity contribution in [1.82, 2.24) is 0 Å². The van der Waals surface area contributed by atoms with Crippen molar-refractivity contribution in [1.29, 1.82) is 0 Å². The van der Waals surface area contributed by atoms with Crippen molar-refractivity contribution >= 4 is 5.78 Å². The zero-order valence-electron chi connectivity index (χ0n) is 15.6. The third kappa shape index (κ3) is 2.14. The molecule has 4 aliphatic rings. The van der Waals surface area contributed by atoms with Crippen LogP contribution in [0.4, 0.5) is 0 Å². The van der Waals surface area contributed by atoms with Crippen molar-refractivity contribution in [2.45, 2.75) is 59.3 Å². The molecule has 0 bridgehead atoms. The molecule has 0 spiro atoms. The highest BCUT2D eigenvalue weighted by molar-refractivity contribution is 5.92. The van der Waals surface area contributed by atoms with Gasteiger partial charge in [0.25, 0.3) is 0 Å². The van der Waals surface area contributed by atoms with Crippen LogP contribution in [-0.4, -0.2) is 12.3 Å². The van der Waals surface area contributed by atoms with Gasteiger partial charge < -0.3 is 5.73 Å². The molecular formula is C22H33NO. The van der Waals surface area contributed by atoms with Gasteiger partial charge >= 0.3 is 0 Å². The van der Waals surface area contributed by atoms with Crippen LogP contribution in [0.25, 0.3) is 0 Å². The summed E-state index contributed by atoms with van der Waals surface area (Å²) in [5, 5.41) is 0. The predicted octanol–water partition coefficient (Wildman–Crippen LogP) is 4.51. The Bertz CT molecular complexity index is 605. The first-order valence-electron chi connectivity index (χ1n) is 10.0. The van der Waals surface area contributed by atoms with Crippen LogP contribution in [0.2, 0.25) is 0 Å². The summed E-state index contributed by atoms with van der Waals surface area (Å²) in [6.07, 6.45) is 13.9. The maximum absolute atomic E-state index is 11.9. The summed E-state index contributed by atoms with van der Waals surface area (Å²) in [7, 11) is 0. The van der Waals surface area contributed by atoms with Gasteiger partial charge in [-0.05, 0) is 90.7 Å². The fourth-order valence-corrected chi connectivity index (χ4v) is 7.14. The number of hydrogen-bond acceptors (Lipinski definition) is 2. The molecule has 0 radical (unpaired) electrons. The molecule has 0 aromatic carbocycles. The summed E-state index contributed by atoms with van der Waals surface area (Å²) in [6.45, 7) is 8.17. The standard InChI is InChI=1S/C22H33NO/c1-14(13-23)18-6-7-19-17-5-4-15-12-16(24)8-10-21(15,2)20(17)9-11-22(18,19)3/h4-5,12,14,17-20H,6-11,13,23H2,1-3H3/t14-,17?,18?,19?,20?,21+,22-/m1/s1.